The summed E-state index contributed by atoms with van der Waals surface area (Å²) in [7, 11) is 0. The van der Waals surface area contributed by atoms with E-state index in [1.165, 1.54) is 4.48 Å². The average molecular weight is 397 g/mol. The monoisotopic (exact) mass is 396 g/mol. The number of hydrogen-bond acceptors (Lipinski definition) is 2. The number of ether oxygens (including phenoxy) is 2. The SMILES string of the molecule is Cc1ccc(CC2C=C(Br)C(COC3CCOCC3)CC2)cc1F. The van der Waals surface area contributed by atoms with Gasteiger partial charge in [0.15, 0.2) is 0 Å². The minimum atomic E-state index is -0.103. The summed E-state index contributed by atoms with van der Waals surface area (Å²) < 4.78 is 26.4. The van der Waals surface area contributed by atoms with E-state index in [0.29, 0.717) is 23.5 Å². The zero-order chi connectivity index (χ0) is 16.9. The van der Waals surface area contributed by atoms with Crippen LogP contribution in [0.15, 0.2) is 28.8 Å². The van der Waals surface area contributed by atoms with E-state index in [9.17, 15) is 4.39 Å². The summed E-state index contributed by atoms with van der Waals surface area (Å²) >= 11 is 3.74. The van der Waals surface area contributed by atoms with Gasteiger partial charge < -0.3 is 9.47 Å². The lowest BCUT2D eigenvalue weighted by Gasteiger charge is -2.29. The van der Waals surface area contributed by atoms with Crippen molar-refractivity contribution >= 4 is 15.9 Å². The molecule has 1 fully saturated rings. The predicted molar refractivity (Wildman–Crippen MR) is 97.9 cm³/mol. The van der Waals surface area contributed by atoms with Crippen molar-refractivity contribution < 1.29 is 13.9 Å². The molecule has 1 aromatic rings. The van der Waals surface area contributed by atoms with Gasteiger partial charge in [-0.1, -0.05) is 34.1 Å². The van der Waals surface area contributed by atoms with Crippen LogP contribution in [-0.4, -0.2) is 25.9 Å². The van der Waals surface area contributed by atoms with E-state index in [4.69, 9.17) is 9.47 Å². The molecule has 0 spiro atoms. The highest BCUT2D eigenvalue weighted by Gasteiger charge is 2.24. The molecule has 0 bridgehead atoms. The molecular formula is C20H26BrFO2. The van der Waals surface area contributed by atoms with Gasteiger partial charge in [0.05, 0.1) is 12.7 Å². The lowest BCUT2D eigenvalue weighted by molar-refractivity contribution is -0.0402. The van der Waals surface area contributed by atoms with Gasteiger partial charge in [-0.05, 0) is 66.6 Å². The number of halogens is 2. The summed E-state index contributed by atoms with van der Waals surface area (Å²) in [4.78, 5) is 0. The smallest absolute Gasteiger partial charge is 0.126 e. The molecule has 2 aliphatic rings. The summed E-state index contributed by atoms with van der Waals surface area (Å²) in [6.45, 7) is 4.23. The largest absolute Gasteiger partial charge is 0.381 e. The van der Waals surface area contributed by atoms with Crippen molar-refractivity contribution in [2.45, 2.75) is 45.1 Å². The Morgan fingerprint density at radius 2 is 2.00 bits per heavy atom. The highest BCUT2D eigenvalue weighted by molar-refractivity contribution is 9.11. The van der Waals surface area contributed by atoms with E-state index >= 15 is 0 Å². The second-order valence-corrected chi connectivity index (χ2v) is 7.93. The van der Waals surface area contributed by atoms with Crippen molar-refractivity contribution in [3.8, 4) is 0 Å². The van der Waals surface area contributed by atoms with Crippen LogP contribution >= 0.6 is 15.9 Å². The Labute approximate surface area is 152 Å². The summed E-state index contributed by atoms with van der Waals surface area (Å²) in [6, 6.07) is 5.59. The predicted octanol–water partition coefficient (Wildman–Crippen LogP) is 5.18. The van der Waals surface area contributed by atoms with E-state index in [-0.39, 0.29) is 5.82 Å². The van der Waals surface area contributed by atoms with Crippen molar-refractivity contribution in [1.29, 1.82) is 0 Å². The maximum absolute atomic E-state index is 13.7. The number of rotatable bonds is 5. The van der Waals surface area contributed by atoms with Gasteiger partial charge in [0.1, 0.15) is 5.82 Å². The Morgan fingerprint density at radius 1 is 1.21 bits per heavy atom. The minimum absolute atomic E-state index is 0.103. The van der Waals surface area contributed by atoms with Crippen molar-refractivity contribution in [3.63, 3.8) is 0 Å². The Balaban J connectivity index is 1.51. The summed E-state index contributed by atoms with van der Waals surface area (Å²) in [5, 5.41) is 0. The van der Waals surface area contributed by atoms with Crippen LogP contribution in [0.25, 0.3) is 0 Å². The van der Waals surface area contributed by atoms with Gasteiger partial charge in [0.2, 0.25) is 0 Å². The third kappa shape index (κ3) is 4.90. The molecule has 1 saturated heterocycles. The van der Waals surface area contributed by atoms with Crippen LogP contribution in [0.2, 0.25) is 0 Å². The Bertz CT molecular complexity index is 581. The molecule has 2 nitrogen and oxygen atoms in total. The van der Waals surface area contributed by atoms with Crippen LogP contribution in [0.3, 0.4) is 0 Å². The van der Waals surface area contributed by atoms with E-state index < -0.39 is 0 Å². The van der Waals surface area contributed by atoms with Crippen molar-refractivity contribution in [2.75, 3.05) is 19.8 Å². The standard InChI is InChI=1S/C20H26BrFO2/c1-14-2-3-16(12-20(14)22)10-15-4-5-17(19(21)11-15)13-24-18-6-8-23-9-7-18/h2-3,11-12,15,17-18H,4-10,13H2,1H3. The molecule has 132 valence electrons. The lowest BCUT2D eigenvalue weighted by Crippen LogP contribution is -2.27. The minimum Gasteiger partial charge on any atom is -0.381 e. The molecule has 24 heavy (non-hydrogen) atoms. The van der Waals surface area contributed by atoms with Gasteiger partial charge in [0.25, 0.3) is 0 Å². The van der Waals surface area contributed by atoms with Gasteiger partial charge in [-0.15, -0.1) is 0 Å². The molecule has 2 atom stereocenters. The topological polar surface area (TPSA) is 18.5 Å². The molecule has 1 heterocycles. The summed E-state index contributed by atoms with van der Waals surface area (Å²) in [5.74, 6) is 0.828. The van der Waals surface area contributed by atoms with Gasteiger partial charge in [-0.2, -0.15) is 0 Å². The third-order valence-electron chi connectivity index (χ3n) is 5.11. The number of allylic oxidation sites excluding steroid dienone is 1. The fourth-order valence-electron chi connectivity index (χ4n) is 3.48. The van der Waals surface area contributed by atoms with Crippen LogP contribution in [-0.2, 0) is 15.9 Å². The van der Waals surface area contributed by atoms with Gasteiger partial charge >= 0.3 is 0 Å². The van der Waals surface area contributed by atoms with Crippen LogP contribution in [0.1, 0.15) is 36.8 Å². The number of aryl methyl sites for hydroxylation is 1. The number of hydrogen-bond donors (Lipinski definition) is 0. The van der Waals surface area contributed by atoms with Crippen LogP contribution in [0.5, 0.6) is 0 Å². The fourth-order valence-corrected chi connectivity index (χ4v) is 4.22. The Morgan fingerprint density at radius 3 is 2.71 bits per heavy atom. The lowest BCUT2D eigenvalue weighted by atomic mass is 9.85. The fraction of sp³-hybridized carbons (Fsp3) is 0.600. The molecule has 0 saturated carbocycles. The molecule has 1 aliphatic heterocycles. The second-order valence-electron chi connectivity index (χ2n) is 7.02. The zero-order valence-electron chi connectivity index (χ0n) is 14.3. The summed E-state index contributed by atoms with van der Waals surface area (Å²) in [5.41, 5.74) is 1.79. The maximum atomic E-state index is 13.7. The van der Waals surface area contributed by atoms with E-state index in [1.54, 1.807) is 13.0 Å². The van der Waals surface area contributed by atoms with Crippen molar-refractivity contribution in [1.82, 2.24) is 0 Å². The van der Waals surface area contributed by atoms with Crippen LogP contribution in [0.4, 0.5) is 4.39 Å². The quantitative estimate of drug-likeness (QED) is 0.682. The molecule has 0 amide bonds. The molecule has 0 aromatic heterocycles. The van der Waals surface area contributed by atoms with Crippen LogP contribution in [0, 0.1) is 24.6 Å². The molecule has 1 aromatic carbocycles. The molecule has 0 radical (unpaired) electrons. The van der Waals surface area contributed by atoms with E-state index in [2.05, 4.69) is 22.0 Å². The van der Waals surface area contributed by atoms with Crippen LogP contribution < -0.4 is 0 Å². The maximum Gasteiger partial charge on any atom is 0.126 e. The Kier molecular flexibility index (Phi) is 6.48. The first-order valence-electron chi connectivity index (χ1n) is 8.93. The molecule has 4 heteroatoms. The van der Waals surface area contributed by atoms with Gasteiger partial charge in [0, 0.05) is 19.1 Å². The van der Waals surface area contributed by atoms with E-state index in [1.807, 2.05) is 12.1 Å². The van der Waals surface area contributed by atoms with Gasteiger partial charge in [-0.3, -0.25) is 0 Å². The van der Waals surface area contributed by atoms with Gasteiger partial charge in [-0.25, -0.2) is 4.39 Å². The average Bonchev–Trinajstić information content (AvgIpc) is 2.58. The molecular weight excluding hydrogens is 371 g/mol. The first-order chi connectivity index (χ1) is 11.6. The third-order valence-corrected chi connectivity index (χ3v) is 6.02. The highest BCUT2D eigenvalue weighted by atomic mass is 79.9. The Hall–Kier alpha value is -0.710. The first kappa shape index (κ1) is 18.1. The summed E-state index contributed by atoms with van der Waals surface area (Å²) in [6.07, 6.45) is 7.84. The molecule has 3 rings (SSSR count). The van der Waals surface area contributed by atoms with Crippen molar-refractivity contribution in [3.05, 3.63) is 45.7 Å². The van der Waals surface area contributed by atoms with E-state index in [0.717, 1.165) is 57.5 Å². The molecule has 0 N–H and O–H groups in total. The first-order valence-corrected chi connectivity index (χ1v) is 9.72. The normalized spacial score (nSPS) is 25.5. The van der Waals surface area contributed by atoms with Crippen molar-refractivity contribution in [2.24, 2.45) is 11.8 Å². The number of benzene rings is 1. The molecule has 2 unspecified atom stereocenters. The molecule has 1 aliphatic carbocycles. The zero-order valence-corrected chi connectivity index (χ0v) is 15.9. The second kappa shape index (κ2) is 8.59. The highest BCUT2D eigenvalue weighted by Crippen LogP contribution is 2.34.